The monoisotopic (exact) mass is 583 g/mol. The quantitative estimate of drug-likeness (QED) is 0.251. The second-order valence-corrected chi connectivity index (χ2v) is 14.8. The first-order chi connectivity index (χ1) is 19.6. The molecule has 0 spiro atoms. The van der Waals surface area contributed by atoms with Gasteiger partial charge in [0.15, 0.2) is 0 Å². The first-order valence-corrected chi connectivity index (χ1v) is 15.6. The molecule has 8 nitrogen and oxygen atoms in total. The topological polar surface area (TPSA) is 100 Å². The van der Waals surface area contributed by atoms with E-state index in [-0.39, 0.29) is 60.8 Å². The summed E-state index contributed by atoms with van der Waals surface area (Å²) in [6.45, 7) is 16.6. The fourth-order valence-corrected chi connectivity index (χ4v) is 7.13. The summed E-state index contributed by atoms with van der Waals surface area (Å²) in [6.07, 6.45) is 2.82. The molecule has 9 heteroatoms. The summed E-state index contributed by atoms with van der Waals surface area (Å²) >= 11 is 0. The van der Waals surface area contributed by atoms with E-state index in [1.165, 1.54) is 0 Å². The van der Waals surface area contributed by atoms with E-state index >= 15 is 0 Å². The number of benzene rings is 1. The predicted octanol–water partition coefficient (Wildman–Crippen LogP) is 5.66. The number of carbonyl (C=O) groups excluding carboxylic acids is 3. The number of hydrogen-bond acceptors (Lipinski definition) is 7. The number of amides is 1. The molecule has 4 fully saturated rings. The van der Waals surface area contributed by atoms with Crippen LogP contribution in [0, 0.1) is 29.1 Å². The Kier molecular flexibility index (Phi) is 9.83. The van der Waals surface area contributed by atoms with Gasteiger partial charge in [0.2, 0.25) is 5.91 Å². The zero-order valence-electron chi connectivity index (χ0n) is 26.7. The lowest BCUT2D eigenvalue weighted by atomic mass is 9.43. The SMILES string of the molecule is CC(C)C[C@H](NC(=O)[C@H](CCC(=O)OCc1ccccc1)CC(=O)OC(C)(C)C)B1O[C@@H]2C[C@@H]3C[C@@H](C3(C)C)[C@]2(C)O1. The highest BCUT2D eigenvalue weighted by molar-refractivity contribution is 6.47. The van der Waals surface area contributed by atoms with Crippen LogP contribution in [-0.2, 0) is 39.8 Å². The molecule has 3 aliphatic carbocycles. The first kappa shape index (κ1) is 32.5. The second kappa shape index (κ2) is 12.7. The molecule has 4 aliphatic rings. The van der Waals surface area contributed by atoms with Crippen LogP contribution >= 0.6 is 0 Å². The van der Waals surface area contributed by atoms with Gasteiger partial charge in [-0.3, -0.25) is 14.4 Å². The average molecular weight is 584 g/mol. The third kappa shape index (κ3) is 7.57. The minimum atomic E-state index is -0.759. The molecule has 1 aliphatic heterocycles. The number of ether oxygens (including phenoxy) is 2. The molecule has 0 radical (unpaired) electrons. The zero-order chi connectivity index (χ0) is 30.9. The molecule has 0 aromatic heterocycles. The molecule has 1 N–H and O–H groups in total. The third-order valence-electron chi connectivity index (χ3n) is 9.49. The van der Waals surface area contributed by atoms with Crippen LogP contribution in [0.3, 0.4) is 0 Å². The molecule has 6 atom stereocenters. The van der Waals surface area contributed by atoms with Crippen molar-refractivity contribution in [2.45, 2.75) is 124 Å². The van der Waals surface area contributed by atoms with Gasteiger partial charge in [-0.2, -0.15) is 0 Å². The van der Waals surface area contributed by atoms with Crippen LogP contribution in [-0.4, -0.2) is 48.2 Å². The number of esters is 2. The molecule has 2 bridgehead atoms. The van der Waals surface area contributed by atoms with Crippen LogP contribution < -0.4 is 5.32 Å². The largest absolute Gasteiger partial charge is 0.481 e. The van der Waals surface area contributed by atoms with Crippen molar-refractivity contribution in [3.8, 4) is 0 Å². The van der Waals surface area contributed by atoms with E-state index in [0.717, 1.165) is 18.4 Å². The van der Waals surface area contributed by atoms with Crippen molar-refractivity contribution in [3.63, 3.8) is 0 Å². The van der Waals surface area contributed by atoms with Gasteiger partial charge in [0, 0.05) is 12.3 Å². The lowest BCUT2D eigenvalue weighted by Crippen LogP contribution is -2.65. The Bertz CT molecular complexity index is 1120. The van der Waals surface area contributed by atoms with E-state index in [4.69, 9.17) is 18.8 Å². The van der Waals surface area contributed by atoms with Crippen LogP contribution in [0.2, 0.25) is 0 Å². The minimum absolute atomic E-state index is 0.00258. The van der Waals surface area contributed by atoms with E-state index in [9.17, 15) is 14.4 Å². The lowest BCUT2D eigenvalue weighted by molar-refractivity contribution is -0.199. The minimum Gasteiger partial charge on any atom is -0.461 e. The molecule has 3 saturated carbocycles. The van der Waals surface area contributed by atoms with Crippen LogP contribution in [0.1, 0.15) is 99.5 Å². The summed E-state index contributed by atoms with van der Waals surface area (Å²) in [7, 11) is -0.570. The van der Waals surface area contributed by atoms with Gasteiger partial charge in [0.1, 0.15) is 12.2 Å². The Balaban J connectivity index is 1.43. The fraction of sp³-hybridized carbons (Fsp3) is 0.727. The molecular formula is C33H50BNO7. The van der Waals surface area contributed by atoms with Crippen LogP contribution in [0.25, 0.3) is 0 Å². The standard InChI is InChI=1S/C33H50BNO7/c1-21(2)16-27(34-41-26-19-24-18-25(32(24,6)7)33(26,8)42-34)35-30(38)23(17-29(37)40-31(3,4)5)14-15-28(36)39-20-22-12-10-9-11-13-22/h9-13,21,23-27H,14-20H2,1-8H3,(H,35,38)/t23-,24+,25+,26-,27+,33+/m1/s1. The van der Waals surface area contributed by atoms with E-state index in [0.29, 0.717) is 18.3 Å². The van der Waals surface area contributed by atoms with Gasteiger partial charge in [0.25, 0.3) is 0 Å². The smallest absolute Gasteiger partial charge is 0.461 e. The molecular weight excluding hydrogens is 533 g/mol. The van der Waals surface area contributed by atoms with E-state index in [1.807, 2.05) is 30.3 Å². The molecule has 232 valence electrons. The summed E-state index contributed by atoms with van der Waals surface area (Å²) in [5, 5.41) is 3.17. The molecule has 1 heterocycles. The molecule has 1 amide bonds. The molecule has 42 heavy (non-hydrogen) atoms. The molecule has 1 aromatic carbocycles. The molecule has 1 saturated heterocycles. The van der Waals surface area contributed by atoms with Crippen LogP contribution in [0.5, 0.6) is 0 Å². The summed E-state index contributed by atoms with van der Waals surface area (Å²) in [4.78, 5) is 39.2. The Morgan fingerprint density at radius 1 is 1.07 bits per heavy atom. The van der Waals surface area contributed by atoms with Crippen molar-refractivity contribution in [3.05, 3.63) is 35.9 Å². The Hall–Kier alpha value is -2.39. The highest BCUT2D eigenvalue weighted by Crippen LogP contribution is 2.65. The van der Waals surface area contributed by atoms with Crippen molar-refractivity contribution >= 4 is 25.0 Å². The van der Waals surface area contributed by atoms with Crippen LogP contribution in [0.4, 0.5) is 0 Å². The number of nitrogens with one attached hydrogen (secondary N) is 1. The number of rotatable bonds is 12. The summed E-state index contributed by atoms with van der Waals surface area (Å²) in [5.74, 6) is -1.03. The van der Waals surface area contributed by atoms with Crippen molar-refractivity contribution in [2.75, 3.05) is 0 Å². The van der Waals surface area contributed by atoms with E-state index in [1.54, 1.807) is 20.8 Å². The van der Waals surface area contributed by atoms with Crippen LogP contribution in [0.15, 0.2) is 30.3 Å². The Labute approximate surface area is 252 Å². The highest BCUT2D eigenvalue weighted by atomic mass is 16.7. The Morgan fingerprint density at radius 3 is 2.38 bits per heavy atom. The van der Waals surface area contributed by atoms with Gasteiger partial charge in [-0.1, -0.05) is 58.0 Å². The van der Waals surface area contributed by atoms with Gasteiger partial charge >= 0.3 is 19.1 Å². The first-order valence-electron chi connectivity index (χ1n) is 15.6. The van der Waals surface area contributed by atoms with Crippen molar-refractivity contribution in [2.24, 2.45) is 29.1 Å². The maximum Gasteiger partial charge on any atom is 0.481 e. The highest BCUT2D eigenvalue weighted by Gasteiger charge is 2.68. The Morgan fingerprint density at radius 2 is 1.76 bits per heavy atom. The molecule has 5 rings (SSSR count). The van der Waals surface area contributed by atoms with Gasteiger partial charge in [-0.05, 0) is 82.1 Å². The summed E-state index contributed by atoms with van der Waals surface area (Å²) < 4.78 is 24.2. The third-order valence-corrected chi connectivity index (χ3v) is 9.49. The maximum absolute atomic E-state index is 13.8. The number of hydrogen-bond donors (Lipinski definition) is 1. The van der Waals surface area contributed by atoms with Gasteiger partial charge in [-0.15, -0.1) is 0 Å². The van der Waals surface area contributed by atoms with E-state index < -0.39 is 30.6 Å². The second-order valence-electron chi connectivity index (χ2n) is 14.8. The van der Waals surface area contributed by atoms with Gasteiger partial charge in [-0.25, -0.2) is 0 Å². The zero-order valence-corrected chi connectivity index (χ0v) is 26.7. The average Bonchev–Trinajstić information content (AvgIpc) is 3.25. The maximum atomic E-state index is 13.8. The van der Waals surface area contributed by atoms with Gasteiger partial charge in [0.05, 0.1) is 24.1 Å². The molecule has 1 aromatic rings. The fourth-order valence-electron chi connectivity index (χ4n) is 7.13. The predicted molar refractivity (Wildman–Crippen MR) is 161 cm³/mol. The number of carbonyl (C=O) groups is 3. The van der Waals surface area contributed by atoms with Crippen molar-refractivity contribution in [1.82, 2.24) is 5.32 Å². The summed E-state index contributed by atoms with van der Waals surface area (Å²) in [5.41, 5.74) is 0.0329. The van der Waals surface area contributed by atoms with Gasteiger partial charge < -0.3 is 24.1 Å². The molecule has 0 unspecified atom stereocenters. The van der Waals surface area contributed by atoms with Crippen molar-refractivity contribution in [1.29, 1.82) is 0 Å². The normalized spacial score (nSPS) is 27.5. The van der Waals surface area contributed by atoms with Crippen molar-refractivity contribution < 1.29 is 33.2 Å². The van der Waals surface area contributed by atoms with E-state index in [2.05, 4.69) is 39.9 Å². The lowest BCUT2D eigenvalue weighted by Gasteiger charge is -2.64. The summed E-state index contributed by atoms with van der Waals surface area (Å²) in [6, 6.07) is 9.44.